The number of aliphatic hydroxyl groups excluding tert-OH is 1. The molecule has 0 saturated heterocycles. The molecule has 2 aliphatic rings. The fourth-order valence-corrected chi connectivity index (χ4v) is 3.41. The molecule has 2 aliphatic heterocycles. The van der Waals surface area contributed by atoms with Crippen molar-refractivity contribution in [1.29, 1.82) is 0 Å². The number of hydrogen-bond acceptors (Lipinski definition) is 7. The van der Waals surface area contributed by atoms with Gasteiger partial charge in [0.15, 0.2) is 5.82 Å². The summed E-state index contributed by atoms with van der Waals surface area (Å²) in [6, 6.07) is 5.19. The van der Waals surface area contributed by atoms with Gasteiger partial charge in [0.05, 0.1) is 43.4 Å². The van der Waals surface area contributed by atoms with Gasteiger partial charge in [-0.1, -0.05) is 11.6 Å². The van der Waals surface area contributed by atoms with Gasteiger partial charge in [0.25, 0.3) is 5.91 Å². The number of aromatic nitrogens is 2. The van der Waals surface area contributed by atoms with Gasteiger partial charge < -0.3 is 15.2 Å². The molecular formula is C19H19ClN6O3. The Hall–Kier alpha value is -3.14. The lowest BCUT2D eigenvalue weighted by atomic mass is 10.1. The van der Waals surface area contributed by atoms with E-state index >= 15 is 0 Å². The Morgan fingerprint density at radius 1 is 1.45 bits per heavy atom. The molecule has 1 aromatic heterocycles. The summed E-state index contributed by atoms with van der Waals surface area (Å²) >= 11 is 6.19. The summed E-state index contributed by atoms with van der Waals surface area (Å²) < 4.78 is 7.06. The first-order chi connectivity index (χ1) is 14.1. The molecule has 2 aromatic rings. The van der Waals surface area contributed by atoms with Crippen molar-refractivity contribution in [3.63, 3.8) is 0 Å². The van der Waals surface area contributed by atoms with E-state index in [9.17, 15) is 9.90 Å². The second kappa shape index (κ2) is 8.08. The van der Waals surface area contributed by atoms with Crippen LogP contribution in [0.2, 0.25) is 5.02 Å². The van der Waals surface area contributed by atoms with Crippen LogP contribution in [0.1, 0.15) is 0 Å². The van der Waals surface area contributed by atoms with E-state index in [1.807, 2.05) is 0 Å². The maximum Gasteiger partial charge on any atom is 0.256 e. The Kier molecular flexibility index (Phi) is 5.34. The topological polar surface area (TPSA) is 104 Å². The number of carbonyl (C=O) groups excluding carboxylic acids is 1. The van der Waals surface area contributed by atoms with Crippen LogP contribution >= 0.6 is 11.6 Å². The molecular weight excluding hydrogens is 396 g/mol. The number of halogens is 1. The van der Waals surface area contributed by atoms with Crippen LogP contribution in [-0.2, 0) is 11.3 Å². The standard InChI is InChI=1S/C19H19ClN6O3/c1-29-16-4-3-12(20)9-13(16)17-15(11-23-25(17)7-8-27)24-19(28)14-10-22-26-6-2-5-21-18(14)26/h2-6,9,11,22,27H,7-8,10H2,1H3,(H,24,28). The second-order valence-electron chi connectivity index (χ2n) is 6.28. The highest BCUT2D eigenvalue weighted by molar-refractivity contribution is 6.31. The largest absolute Gasteiger partial charge is 0.496 e. The number of ether oxygens (including phenoxy) is 1. The van der Waals surface area contributed by atoms with Gasteiger partial charge in [0, 0.05) is 29.5 Å². The van der Waals surface area contributed by atoms with Crippen LogP contribution in [0.5, 0.6) is 5.75 Å². The molecule has 3 N–H and O–H groups in total. The summed E-state index contributed by atoms with van der Waals surface area (Å²) in [5.74, 6) is 0.824. The molecule has 0 unspecified atom stereocenters. The van der Waals surface area contributed by atoms with Crippen molar-refractivity contribution in [1.82, 2.24) is 20.2 Å². The minimum Gasteiger partial charge on any atom is -0.496 e. The van der Waals surface area contributed by atoms with Gasteiger partial charge in [-0.25, -0.2) is 10.4 Å². The zero-order valence-corrected chi connectivity index (χ0v) is 16.3. The molecule has 29 heavy (non-hydrogen) atoms. The predicted molar refractivity (Wildman–Crippen MR) is 109 cm³/mol. The first-order valence-electron chi connectivity index (χ1n) is 8.91. The third kappa shape index (κ3) is 3.63. The number of aliphatic imine (C=N–C) groups is 1. The van der Waals surface area contributed by atoms with Crippen LogP contribution in [0.3, 0.4) is 0 Å². The van der Waals surface area contributed by atoms with Crippen molar-refractivity contribution < 1.29 is 14.6 Å². The maximum atomic E-state index is 13.0. The van der Waals surface area contributed by atoms with E-state index in [-0.39, 0.29) is 19.1 Å². The fraction of sp³-hybridized carbons (Fsp3) is 0.211. The Balaban J connectivity index is 1.72. The van der Waals surface area contributed by atoms with E-state index in [4.69, 9.17) is 16.3 Å². The highest BCUT2D eigenvalue weighted by Crippen LogP contribution is 2.37. The normalized spacial score (nSPS) is 15.1. The van der Waals surface area contributed by atoms with Crippen molar-refractivity contribution in [2.75, 3.05) is 25.6 Å². The molecule has 0 fully saturated rings. The molecule has 0 atom stereocenters. The third-order valence-corrected chi connectivity index (χ3v) is 4.77. The highest BCUT2D eigenvalue weighted by Gasteiger charge is 2.28. The lowest BCUT2D eigenvalue weighted by Crippen LogP contribution is -2.27. The van der Waals surface area contributed by atoms with Gasteiger partial charge in [0.2, 0.25) is 0 Å². The number of hydrogen-bond donors (Lipinski definition) is 3. The van der Waals surface area contributed by atoms with Crippen molar-refractivity contribution in [2.24, 2.45) is 4.99 Å². The summed E-state index contributed by atoms with van der Waals surface area (Å²) in [6.07, 6.45) is 6.75. The fourth-order valence-electron chi connectivity index (χ4n) is 3.24. The number of hydrazine groups is 1. The summed E-state index contributed by atoms with van der Waals surface area (Å²) in [5.41, 5.74) is 5.31. The van der Waals surface area contributed by atoms with E-state index in [2.05, 4.69) is 20.8 Å². The number of benzene rings is 1. The average molecular weight is 415 g/mol. The number of nitrogens with zero attached hydrogens (tertiary/aromatic N) is 4. The minimum atomic E-state index is -0.298. The predicted octanol–water partition coefficient (Wildman–Crippen LogP) is 1.77. The lowest BCUT2D eigenvalue weighted by molar-refractivity contribution is -0.112. The first-order valence-corrected chi connectivity index (χ1v) is 9.29. The molecule has 0 aliphatic carbocycles. The van der Waals surface area contributed by atoms with Crippen LogP contribution in [-0.4, -0.2) is 52.3 Å². The molecule has 0 saturated carbocycles. The Labute approximate surface area is 171 Å². The Morgan fingerprint density at radius 2 is 2.31 bits per heavy atom. The van der Waals surface area contributed by atoms with E-state index in [1.165, 1.54) is 0 Å². The average Bonchev–Trinajstić information content (AvgIpc) is 3.32. The zero-order chi connectivity index (χ0) is 20.4. The van der Waals surface area contributed by atoms with Gasteiger partial charge in [-0.3, -0.25) is 14.5 Å². The van der Waals surface area contributed by atoms with Crippen LogP contribution in [0.15, 0.2) is 53.1 Å². The number of allylic oxidation sites excluding steroid dienone is 1. The number of aliphatic hydroxyl groups is 1. The van der Waals surface area contributed by atoms with E-state index < -0.39 is 0 Å². The lowest BCUT2D eigenvalue weighted by Gasteiger charge is -2.16. The highest BCUT2D eigenvalue weighted by atomic mass is 35.5. The van der Waals surface area contributed by atoms with Gasteiger partial charge >= 0.3 is 0 Å². The van der Waals surface area contributed by atoms with Crippen molar-refractivity contribution in [2.45, 2.75) is 6.54 Å². The summed E-state index contributed by atoms with van der Waals surface area (Å²) in [5, 5.41) is 18.8. The number of fused-ring (bicyclic) bond motifs is 1. The minimum absolute atomic E-state index is 0.111. The van der Waals surface area contributed by atoms with Crippen LogP contribution in [0, 0.1) is 0 Å². The zero-order valence-electron chi connectivity index (χ0n) is 15.6. The van der Waals surface area contributed by atoms with E-state index in [0.29, 0.717) is 45.7 Å². The van der Waals surface area contributed by atoms with Gasteiger partial charge in [0.1, 0.15) is 5.75 Å². The van der Waals surface area contributed by atoms with Crippen molar-refractivity contribution >= 4 is 29.4 Å². The van der Waals surface area contributed by atoms with E-state index in [0.717, 1.165) is 0 Å². The van der Waals surface area contributed by atoms with Crippen molar-refractivity contribution in [3.05, 3.63) is 53.1 Å². The number of carbonyl (C=O) groups is 1. The number of nitrogens with one attached hydrogen (secondary N) is 2. The smallest absolute Gasteiger partial charge is 0.256 e. The van der Waals surface area contributed by atoms with E-state index in [1.54, 1.807) is 59.7 Å². The van der Waals surface area contributed by atoms with Gasteiger partial charge in [-0.15, -0.1) is 0 Å². The number of anilines is 1. The number of rotatable bonds is 6. The maximum absolute atomic E-state index is 13.0. The van der Waals surface area contributed by atoms with Crippen LogP contribution < -0.4 is 15.5 Å². The summed E-state index contributed by atoms with van der Waals surface area (Å²) in [6.45, 7) is 0.489. The second-order valence-corrected chi connectivity index (χ2v) is 6.72. The molecule has 4 rings (SSSR count). The Morgan fingerprint density at radius 3 is 3.10 bits per heavy atom. The molecule has 1 amide bonds. The SMILES string of the molecule is COc1ccc(Cl)cc1-c1c(NC(=O)C2=C3N=CC=CN3NC2)cnn1CCO. The van der Waals surface area contributed by atoms with Crippen LogP contribution in [0.25, 0.3) is 11.3 Å². The molecule has 0 bridgehead atoms. The van der Waals surface area contributed by atoms with Crippen molar-refractivity contribution in [3.8, 4) is 17.0 Å². The third-order valence-electron chi connectivity index (χ3n) is 4.53. The molecule has 1 aromatic carbocycles. The van der Waals surface area contributed by atoms with Crippen LogP contribution in [0.4, 0.5) is 5.69 Å². The molecule has 0 radical (unpaired) electrons. The Bertz CT molecular complexity index is 1040. The first kappa shape index (κ1) is 19.2. The summed E-state index contributed by atoms with van der Waals surface area (Å²) in [7, 11) is 1.55. The molecule has 3 heterocycles. The monoisotopic (exact) mass is 414 g/mol. The summed E-state index contributed by atoms with van der Waals surface area (Å²) in [4.78, 5) is 17.2. The quantitative estimate of drug-likeness (QED) is 0.665. The molecule has 9 nitrogen and oxygen atoms in total. The number of amides is 1. The molecule has 0 spiro atoms. The molecule has 150 valence electrons. The van der Waals surface area contributed by atoms with Gasteiger partial charge in [-0.2, -0.15) is 5.10 Å². The van der Waals surface area contributed by atoms with Gasteiger partial charge in [-0.05, 0) is 24.3 Å². The molecule has 10 heteroatoms. The number of methoxy groups -OCH3 is 1.